The highest BCUT2D eigenvalue weighted by molar-refractivity contribution is 7.13. The standard InChI is InChI=1S/C22H14N2O3S/c25-21-15-6-2-1-5-14(15)20-16(21)7-3-8-17(20)22(26)23-12-13-11-18(27-24-13)19-9-4-10-28-19/h1-11H,12H2,(H,23,26). The van der Waals surface area contributed by atoms with Crippen LogP contribution in [0.3, 0.4) is 0 Å². The van der Waals surface area contributed by atoms with Gasteiger partial charge < -0.3 is 9.84 Å². The van der Waals surface area contributed by atoms with E-state index < -0.39 is 0 Å². The molecule has 2 heterocycles. The van der Waals surface area contributed by atoms with E-state index in [-0.39, 0.29) is 18.2 Å². The highest BCUT2D eigenvalue weighted by Gasteiger charge is 2.30. The predicted octanol–water partition coefficient (Wildman–Crippen LogP) is 4.54. The fourth-order valence-electron chi connectivity index (χ4n) is 3.46. The number of hydrogen-bond donors (Lipinski definition) is 1. The highest BCUT2D eigenvalue weighted by Crippen LogP contribution is 2.38. The van der Waals surface area contributed by atoms with Gasteiger partial charge in [0.05, 0.1) is 11.4 Å². The van der Waals surface area contributed by atoms with Gasteiger partial charge in [0.2, 0.25) is 0 Å². The molecular formula is C22H14N2O3S. The molecule has 1 aliphatic carbocycles. The van der Waals surface area contributed by atoms with E-state index in [9.17, 15) is 9.59 Å². The van der Waals surface area contributed by atoms with Crippen LogP contribution in [-0.2, 0) is 6.54 Å². The summed E-state index contributed by atoms with van der Waals surface area (Å²) in [7, 11) is 0. The van der Waals surface area contributed by atoms with E-state index in [0.29, 0.717) is 33.7 Å². The van der Waals surface area contributed by atoms with Crippen molar-refractivity contribution in [2.45, 2.75) is 6.54 Å². The van der Waals surface area contributed by atoms with Gasteiger partial charge in [-0.3, -0.25) is 9.59 Å². The molecule has 0 fully saturated rings. The Morgan fingerprint density at radius 2 is 1.82 bits per heavy atom. The van der Waals surface area contributed by atoms with Gasteiger partial charge >= 0.3 is 0 Å². The zero-order chi connectivity index (χ0) is 19.1. The molecule has 2 aromatic heterocycles. The molecule has 1 aliphatic rings. The van der Waals surface area contributed by atoms with E-state index in [2.05, 4.69) is 10.5 Å². The molecule has 136 valence electrons. The summed E-state index contributed by atoms with van der Waals surface area (Å²) in [4.78, 5) is 26.4. The Kier molecular flexibility index (Phi) is 3.91. The van der Waals surface area contributed by atoms with E-state index in [1.165, 1.54) is 0 Å². The fraction of sp³-hybridized carbons (Fsp3) is 0.0455. The van der Waals surface area contributed by atoms with E-state index in [1.54, 1.807) is 35.6 Å². The first-order chi connectivity index (χ1) is 13.7. The molecule has 1 N–H and O–H groups in total. The average Bonchev–Trinajstić information content (AvgIpc) is 3.47. The number of nitrogens with zero attached hydrogens (tertiary/aromatic N) is 1. The Morgan fingerprint density at radius 3 is 2.64 bits per heavy atom. The molecular weight excluding hydrogens is 372 g/mol. The third-order valence-corrected chi connectivity index (χ3v) is 5.63. The second-order valence-corrected chi connectivity index (χ2v) is 7.39. The molecule has 1 amide bonds. The summed E-state index contributed by atoms with van der Waals surface area (Å²) >= 11 is 1.56. The van der Waals surface area contributed by atoms with Gasteiger partial charge in [0.1, 0.15) is 5.69 Å². The topological polar surface area (TPSA) is 72.2 Å². The van der Waals surface area contributed by atoms with Crippen LogP contribution in [0.25, 0.3) is 21.8 Å². The van der Waals surface area contributed by atoms with Crippen molar-refractivity contribution in [2.24, 2.45) is 0 Å². The summed E-state index contributed by atoms with van der Waals surface area (Å²) in [5.41, 5.74) is 3.82. The van der Waals surface area contributed by atoms with Crippen LogP contribution in [0, 0.1) is 0 Å². The number of aromatic nitrogens is 1. The Hall–Kier alpha value is -3.51. The molecule has 2 aromatic carbocycles. The molecule has 0 saturated carbocycles. The third kappa shape index (κ3) is 2.66. The van der Waals surface area contributed by atoms with Crippen molar-refractivity contribution in [3.8, 4) is 21.8 Å². The largest absolute Gasteiger partial charge is 0.355 e. The summed E-state index contributed by atoms with van der Waals surface area (Å²) in [5.74, 6) is 0.388. The molecule has 6 heteroatoms. The summed E-state index contributed by atoms with van der Waals surface area (Å²) in [6.07, 6.45) is 0. The minimum Gasteiger partial charge on any atom is -0.355 e. The van der Waals surface area contributed by atoms with Gasteiger partial charge in [0.25, 0.3) is 5.91 Å². The van der Waals surface area contributed by atoms with Crippen LogP contribution in [0.1, 0.15) is 32.0 Å². The maximum Gasteiger partial charge on any atom is 0.252 e. The zero-order valence-corrected chi connectivity index (χ0v) is 15.5. The number of fused-ring (bicyclic) bond motifs is 3. The molecule has 0 unspecified atom stereocenters. The second kappa shape index (κ2) is 6.58. The van der Waals surface area contributed by atoms with Crippen LogP contribution < -0.4 is 5.32 Å². The number of carbonyl (C=O) groups excluding carboxylic acids is 2. The van der Waals surface area contributed by atoms with Crippen molar-refractivity contribution in [3.05, 3.63) is 88.4 Å². The lowest BCUT2D eigenvalue weighted by atomic mass is 9.99. The Balaban J connectivity index is 1.40. The lowest BCUT2D eigenvalue weighted by Crippen LogP contribution is -2.23. The second-order valence-electron chi connectivity index (χ2n) is 6.45. The van der Waals surface area contributed by atoms with Crippen molar-refractivity contribution < 1.29 is 14.1 Å². The lowest BCUT2D eigenvalue weighted by molar-refractivity contribution is 0.0950. The molecule has 0 aliphatic heterocycles. The molecule has 0 saturated heterocycles. The number of ketones is 1. The van der Waals surface area contributed by atoms with E-state index in [4.69, 9.17) is 4.52 Å². The molecule has 5 nitrogen and oxygen atoms in total. The third-order valence-electron chi connectivity index (χ3n) is 4.75. The van der Waals surface area contributed by atoms with Crippen molar-refractivity contribution >= 4 is 23.0 Å². The van der Waals surface area contributed by atoms with Crippen LogP contribution in [0.5, 0.6) is 0 Å². The Morgan fingerprint density at radius 1 is 1.00 bits per heavy atom. The Bertz CT molecular complexity index is 1210. The molecule has 0 bridgehead atoms. The van der Waals surface area contributed by atoms with Gasteiger partial charge in [-0.05, 0) is 23.1 Å². The minimum atomic E-state index is -0.248. The van der Waals surface area contributed by atoms with Crippen LogP contribution >= 0.6 is 11.3 Å². The monoisotopic (exact) mass is 386 g/mol. The number of rotatable bonds is 4. The van der Waals surface area contributed by atoms with Gasteiger partial charge in [-0.25, -0.2) is 0 Å². The van der Waals surface area contributed by atoms with E-state index in [1.807, 2.05) is 41.8 Å². The van der Waals surface area contributed by atoms with Gasteiger partial charge in [0, 0.05) is 28.3 Å². The van der Waals surface area contributed by atoms with Crippen LogP contribution in [-0.4, -0.2) is 16.8 Å². The molecule has 0 radical (unpaired) electrons. The van der Waals surface area contributed by atoms with Gasteiger partial charge in [-0.15, -0.1) is 11.3 Å². The van der Waals surface area contributed by atoms with Crippen LogP contribution in [0.2, 0.25) is 0 Å². The predicted molar refractivity (Wildman–Crippen MR) is 106 cm³/mol. The average molecular weight is 386 g/mol. The van der Waals surface area contributed by atoms with Gasteiger partial charge in [-0.2, -0.15) is 0 Å². The van der Waals surface area contributed by atoms with Gasteiger partial charge in [-0.1, -0.05) is 47.6 Å². The number of thiophene rings is 1. The van der Waals surface area contributed by atoms with E-state index in [0.717, 1.165) is 10.4 Å². The number of amides is 1. The smallest absolute Gasteiger partial charge is 0.252 e. The fourth-order valence-corrected chi connectivity index (χ4v) is 4.13. The lowest BCUT2D eigenvalue weighted by Gasteiger charge is -2.09. The highest BCUT2D eigenvalue weighted by atomic mass is 32.1. The molecule has 4 aromatic rings. The van der Waals surface area contributed by atoms with Crippen LogP contribution in [0.4, 0.5) is 0 Å². The first-order valence-electron chi connectivity index (χ1n) is 8.77. The maximum absolute atomic E-state index is 12.9. The molecule has 0 atom stereocenters. The number of carbonyl (C=O) groups is 2. The van der Waals surface area contributed by atoms with E-state index >= 15 is 0 Å². The summed E-state index contributed by atoms with van der Waals surface area (Å²) in [6, 6.07) is 18.3. The number of nitrogens with one attached hydrogen (secondary N) is 1. The number of hydrogen-bond acceptors (Lipinski definition) is 5. The molecule has 5 rings (SSSR count). The van der Waals surface area contributed by atoms with Crippen molar-refractivity contribution in [1.29, 1.82) is 0 Å². The first-order valence-corrected chi connectivity index (χ1v) is 9.65. The summed E-state index contributed by atoms with van der Waals surface area (Å²) in [6.45, 7) is 0.243. The van der Waals surface area contributed by atoms with Crippen molar-refractivity contribution in [1.82, 2.24) is 10.5 Å². The summed E-state index contributed by atoms with van der Waals surface area (Å²) < 4.78 is 5.35. The maximum atomic E-state index is 12.9. The summed E-state index contributed by atoms with van der Waals surface area (Å²) in [5, 5.41) is 8.87. The van der Waals surface area contributed by atoms with Gasteiger partial charge in [0.15, 0.2) is 11.5 Å². The normalized spacial score (nSPS) is 11.9. The van der Waals surface area contributed by atoms with Crippen LogP contribution in [0.15, 0.2) is 70.6 Å². The molecule has 0 spiro atoms. The first kappa shape index (κ1) is 16.6. The zero-order valence-electron chi connectivity index (χ0n) is 14.6. The minimum absolute atomic E-state index is 0.0441. The number of benzene rings is 2. The Labute approximate surface area is 164 Å². The van der Waals surface area contributed by atoms with Crippen molar-refractivity contribution in [3.63, 3.8) is 0 Å². The van der Waals surface area contributed by atoms with Crippen molar-refractivity contribution in [2.75, 3.05) is 0 Å². The molecule has 28 heavy (non-hydrogen) atoms. The quantitative estimate of drug-likeness (QED) is 0.492. The SMILES string of the molecule is O=C(NCc1cc(-c2cccs2)on1)c1cccc2c1-c1ccccc1C2=O.